The van der Waals surface area contributed by atoms with E-state index in [2.05, 4.69) is 5.92 Å². The molecule has 0 aliphatic rings. The minimum atomic E-state index is -0.756. The largest absolute Gasteiger partial charge is 0.467 e. The molecule has 0 aliphatic carbocycles. The molecule has 0 aromatic heterocycles. The van der Waals surface area contributed by atoms with Crippen LogP contribution in [0.2, 0.25) is 0 Å². The van der Waals surface area contributed by atoms with Crippen LogP contribution in [0.4, 0.5) is 5.69 Å². The zero-order valence-corrected chi connectivity index (χ0v) is 14.1. The molecule has 0 saturated carbocycles. The zero-order chi connectivity index (χ0) is 17.4. The van der Waals surface area contributed by atoms with Gasteiger partial charge >= 0.3 is 5.97 Å². The third-order valence-electron chi connectivity index (χ3n) is 3.55. The number of rotatable bonds is 7. The highest BCUT2D eigenvalue weighted by Gasteiger charge is 2.30. The molecule has 0 bridgehead atoms. The van der Waals surface area contributed by atoms with E-state index in [0.717, 1.165) is 23.2 Å². The molecular weight excluding hydrogens is 294 g/mol. The van der Waals surface area contributed by atoms with Gasteiger partial charge in [-0.05, 0) is 31.4 Å². The molecule has 1 rings (SSSR count). The van der Waals surface area contributed by atoms with Gasteiger partial charge < -0.3 is 9.47 Å². The summed E-state index contributed by atoms with van der Waals surface area (Å²) in [6.07, 6.45) is 5.86. The Hall–Kier alpha value is -2.32. The molecule has 1 unspecified atom stereocenters. The minimum Gasteiger partial charge on any atom is -0.467 e. The number of anilines is 1. The van der Waals surface area contributed by atoms with Gasteiger partial charge in [-0.15, -0.1) is 6.42 Å². The lowest BCUT2D eigenvalue weighted by Crippen LogP contribution is -2.46. The first kappa shape index (κ1) is 18.7. The van der Waals surface area contributed by atoms with Crippen molar-refractivity contribution in [2.45, 2.75) is 33.2 Å². The second-order valence-electron chi connectivity index (χ2n) is 5.10. The molecule has 1 aromatic rings. The van der Waals surface area contributed by atoms with Gasteiger partial charge in [0.05, 0.1) is 12.8 Å². The molecule has 0 aliphatic heterocycles. The van der Waals surface area contributed by atoms with Crippen LogP contribution >= 0.6 is 0 Å². The fourth-order valence-electron chi connectivity index (χ4n) is 2.43. The SMILES string of the molecule is C#CCOCC(=O)N(c1c(C)cccc1CC)C(C)C(=O)OC. The summed E-state index contributed by atoms with van der Waals surface area (Å²) in [6.45, 7) is 5.39. The number of esters is 1. The van der Waals surface area contributed by atoms with Crippen molar-refractivity contribution in [2.75, 3.05) is 25.2 Å². The van der Waals surface area contributed by atoms with E-state index >= 15 is 0 Å². The summed E-state index contributed by atoms with van der Waals surface area (Å²) in [5.74, 6) is 1.50. The normalized spacial score (nSPS) is 11.4. The molecule has 0 fully saturated rings. The first-order valence-corrected chi connectivity index (χ1v) is 7.47. The molecule has 0 spiro atoms. The summed E-state index contributed by atoms with van der Waals surface area (Å²) >= 11 is 0. The Morgan fingerprint density at radius 3 is 2.65 bits per heavy atom. The fraction of sp³-hybridized carbons (Fsp3) is 0.444. The number of terminal acetylenes is 1. The maximum Gasteiger partial charge on any atom is 0.328 e. The Bertz CT molecular complexity index is 604. The molecule has 1 aromatic carbocycles. The van der Waals surface area contributed by atoms with E-state index < -0.39 is 12.0 Å². The van der Waals surface area contributed by atoms with Crippen molar-refractivity contribution in [3.63, 3.8) is 0 Å². The van der Waals surface area contributed by atoms with Gasteiger partial charge in [0, 0.05) is 0 Å². The quantitative estimate of drug-likeness (QED) is 0.439. The number of hydrogen-bond acceptors (Lipinski definition) is 4. The molecule has 0 heterocycles. The Kier molecular flexibility index (Phi) is 7.30. The van der Waals surface area contributed by atoms with Crippen molar-refractivity contribution in [1.82, 2.24) is 0 Å². The van der Waals surface area contributed by atoms with Crippen LogP contribution in [-0.2, 0) is 25.5 Å². The van der Waals surface area contributed by atoms with E-state index in [4.69, 9.17) is 15.9 Å². The van der Waals surface area contributed by atoms with Gasteiger partial charge in [0.1, 0.15) is 19.3 Å². The van der Waals surface area contributed by atoms with Crippen LogP contribution in [0, 0.1) is 19.3 Å². The highest BCUT2D eigenvalue weighted by atomic mass is 16.5. The van der Waals surface area contributed by atoms with Crippen LogP contribution in [-0.4, -0.2) is 38.2 Å². The molecule has 1 atom stereocenters. The van der Waals surface area contributed by atoms with Crippen LogP contribution in [0.3, 0.4) is 0 Å². The molecule has 0 saturated heterocycles. The highest BCUT2D eigenvalue weighted by Crippen LogP contribution is 2.28. The standard InChI is InChI=1S/C18H23NO4/c1-6-11-23-12-16(20)19(14(4)18(21)22-5)17-13(3)9-8-10-15(17)7-2/h1,8-10,14H,7,11-12H2,2-5H3. The number of amides is 1. The van der Waals surface area contributed by atoms with E-state index in [1.165, 1.54) is 12.0 Å². The monoisotopic (exact) mass is 317 g/mol. The number of carbonyl (C=O) groups excluding carboxylic acids is 2. The molecule has 5 nitrogen and oxygen atoms in total. The third-order valence-corrected chi connectivity index (χ3v) is 3.55. The summed E-state index contributed by atoms with van der Waals surface area (Å²) in [6, 6.07) is 5.02. The minimum absolute atomic E-state index is 0.0423. The van der Waals surface area contributed by atoms with Gasteiger partial charge in [0.15, 0.2) is 0 Å². The molecule has 5 heteroatoms. The van der Waals surface area contributed by atoms with Crippen LogP contribution in [0.15, 0.2) is 18.2 Å². The topological polar surface area (TPSA) is 55.8 Å². The van der Waals surface area contributed by atoms with Gasteiger partial charge in [-0.3, -0.25) is 9.69 Å². The van der Waals surface area contributed by atoms with Crippen molar-refractivity contribution >= 4 is 17.6 Å². The summed E-state index contributed by atoms with van der Waals surface area (Å²) < 4.78 is 9.94. The first-order chi connectivity index (χ1) is 11.0. The molecule has 1 amide bonds. The number of nitrogens with zero attached hydrogens (tertiary/aromatic N) is 1. The molecule has 124 valence electrons. The zero-order valence-electron chi connectivity index (χ0n) is 14.1. The maximum atomic E-state index is 12.6. The second kappa shape index (κ2) is 8.96. The van der Waals surface area contributed by atoms with Crippen molar-refractivity contribution in [3.05, 3.63) is 29.3 Å². The highest BCUT2D eigenvalue weighted by molar-refractivity contribution is 6.01. The molecular formula is C18H23NO4. The molecule has 23 heavy (non-hydrogen) atoms. The van der Waals surface area contributed by atoms with Gasteiger partial charge in [0.25, 0.3) is 5.91 Å². The third kappa shape index (κ3) is 4.57. The number of ether oxygens (including phenoxy) is 2. The van der Waals surface area contributed by atoms with E-state index in [1.807, 2.05) is 32.0 Å². The predicted molar refractivity (Wildman–Crippen MR) is 89.2 cm³/mol. The second-order valence-corrected chi connectivity index (χ2v) is 5.10. The predicted octanol–water partition coefficient (Wildman–Crippen LogP) is 2.10. The van der Waals surface area contributed by atoms with Crippen molar-refractivity contribution < 1.29 is 19.1 Å². The number of aryl methyl sites for hydroxylation is 2. The van der Waals surface area contributed by atoms with Crippen LogP contribution in [0.1, 0.15) is 25.0 Å². The average Bonchev–Trinajstić information content (AvgIpc) is 2.55. The Balaban J connectivity index is 3.27. The van der Waals surface area contributed by atoms with Gasteiger partial charge in [-0.25, -0.2) is 4.79 Å². The summed E-state index contributed by atoms with van der Waals surface area (Å²) in [4.78, 5) is 26.0. The van der Waals surface area contributed by atoms with Gasteiger partial charge in [0.2, 0.25) is 0 Å². The maximum absolute atomic E-state index is 12.6. The van der Waals surface area contributed by atoms with Crippen LogP contribution in [0.5, 0.6) is 0 Å². The van der Waals surface area contributed by atoms with Crippen molar-refractivity contribution in [2.24, 2.45) is 0 Å². The molecule has 0 radical (unpaired) electrons. The van der Waals surface area contributed by atoms with E-state index in [1.54, 1.807) is 6.92 Å². The molecule has 0 N–H and O–H groups in total. The summed E-state index contributed by atoms with van der Waals surface area (Å²) in [5.41, 5.74) is 2.61. The number of carbonyl (C=O) groups is 2. The smallest absolute Gasteiger partial charge is 0.328 e. The first-order valence-electron chi connectivity index (χ1n) is 7.47. The number of para-hydroxylation sites is 1. The van der Waals surface area contributed by atoms with Crippen LogP contribution < -0.4 is 4.90 Å². The van der Waals surface area contributed by atoms with Crippen molar-refractivity contribution in [1.29, 1.82) is 0 Å². The Morgan fingerprint density at radius 2 is 2.09 bits per heavy atom. The van der Waals surface area contributed by atoms with Gasteiger partial charge in [-0.2, -0.15) is 0 Å². The van der Waals surface area contributed by atoms with E-state index in [9.17, 15) is 9.59 Å². The van der Waals surface area contributed by atoms with Gasteiger partial charge in [-0.1, -0.05) is 31.0 Å². The lowest BCUT2D eigenvalue weighted by Gasteiger charge is -2.30. The Labute approximate surface area is 137 Å². The van der Waals surface area contributed by atoms with Crippen molar-refractivity contribution in [3.8, 4) is 12.3 Å². The lowest BCUT2D eigenvalue weighted by molar-refractivity contribution is -0.143. The Morgan fingerprint density at radius 1 is 1.39 bits per heavy atom. The van der Waals surface area contributed by atoms with Crippen LogP contribution in [0.25, 0.3) is 0 Å². The number of hydrogen-bond donors (Lipinski definition) is 0. The van der Waals surface area contributed by atoms with E-state index in [-0.39, 0.29) is 19.1 Å². The average molecular weight is 317 g/mol. The number of benzene rings is 1. The summed E-state index contributed by atoms with van der Waals surface area (Å²) in [7, 11) is 1.30. The fourth-order valence-corrected chi connectivity index (χ4v) is 2.43. The summed E-state index contributed by atoms with van der Waals surface area (Å²) in [5, 5.41) is 0. The number of methoxy groups -OCH3 is 1. The van der Waals surface area contributed by atoms with E-state index in [0.29, 0.717) is 0 Å². The lowest BCUT2D eigenvalue weighted by atomic mass is 10.0.